The Hall–Kier alpha value is -3.68. The lowest BCUT2D eigenvalue weighted by atomic mass is 9.43. The number of aliphatic hydroxyl groups is 4. The van der Waals surface area contributed by atoms with Gasteiger partial charge in [-0.2, -0.15) is 0 Å². The highest BCUT2D eigenvalue weighted by atomic mass is 16.5. The number of nitrogen functional groups attached to an aromatic ring is 1. The molecule has 1 saturated heterocycles. The molecule has 15 heteroatoms. The van der Waals surface area contributed by atoms with Crippen molar-refractivity contribution in [2.24, 2.45) is 46.3 Å². The molecule has 4 heterocycles. The zero-order valence-corrected chi connectivity index (χ0v) is 34.4. The van der Waals surface area contributed by atoms with Crippen molar-refractivity contribution < 1.29 is 34.7 Å². The highest BCUT2D eigenvalue weighted by Crippen LogP contribution is 2.69. The summed E-state index contributed by atoms with van der Waals surface area (Å²) in [5, 5.41) is 53.0. The monoisotopic (exact) mass is 802 g/mol. The number of carbonyl (C=O) groups excluding carboxylic acids is 1. The molecule has 0 radical (unpaired) electrons. The van der Waals surface area contributed by atoms with Gasteiger partial charge in [-0.15, -0.1) is 5.10 Å². The number of nitrogens with two attached hydrogens (primary N) is 1. The molecule has 4 aliphatic carbocycles. The average molecular weight is 803 g/mol. The lowest BCUT2D eigenvalue weighted by Gasteiger charge is -2.63. The fraction of sp³-hybridized carbons (Fsp3) is 0.767. The number of carbonyl (C=O) groups is 1. The van der Waals surface area contributed by atoms with Crippen LogP contribution in [0.15, 0.2) is 12.5 Å². The minimum atomic E-state index is -0.816. The van der Waals surface area contributed by atoms with E-state index in [1.807, 2.05) is 0 Å². The molecule has 5 fully saturated rings. The summed E-state index contributed by atoms with van der Waals surface area (Å²) in [5.41, 5.74) is 7.74. The van der Waals surface area contributed by atoms with Crippen LogP contribution < -0.4 is 5.73 Å². The van der Waals surface area contributed by atoms with Crippen LogP contribution in [0.4, 0.5) is 5.82 Å². The minimum absolute atomic E-state index is 0.0544. The molecule has 1 aliphatic heterocycles. The topological polar surface area (TPSA) is 217 Å². The Morgan fingerprint density at radius 1 is 1.09 bits per heavy atom. The van der Waals surface area contributed by atoms with Crippen molar-refractivity contribution in [3.05, 3.63) is 24.0 Å². The smallest absolute Gasteiger partial charge is 0.305 e. The molecular weight excluding hydrogens is 741 g/mol. The Bertz CT molecular complexity index is 2010. The highest BCUT2D eigenvalue weighted by molar-refractivity contribution is 5.82. The number of hydrogen-bond acceptors (Lipinski definition) is 13. The number of ether oxygens (including phenoxy) is 2. The maximum Gasteiger partial charge on any atom is 0.305 e. The van der Waals surface area contributed by atoms with Gasteiger partial charge in [-0.25, -0.2) is 19.6 Å². The Morgan fingerprint density at radius 3 is 2.69 bits per heavy atom. The van der Waals surface area contributed by atoms with Crippen LogP contribution in [-0.2, 0) is 20.7 Å². The van der Waals surface area contributed by atoms with E-state index < -0.39 is 24.5 Å². The van der Waals surface area contributed by atoms with Gasteiger partial charge in [0.05, 0.1) is 43.8 Å². The molecule has 0 aromatic carbocycles. The molecule has 8 rings (SSSR count). The quantitative estimate of drug-likeness (QED) is 0.105. The predicted molar refractivity (Wildman–Crippen MR) is 213 cm³/mol. The average Bonchev–Trinajstić information content (AvgIpc) is 4.00. The number of esters is 1. The third-order valence-corrected chi connectivity index (χ3v) is 15.8. The number of aryl methyl sites for hydroxylation is 1. The molecular formula is C43H62N8O7. The number of hydrogen-bond donors (Lipinski definition) is 5. The van der Waals surface area contributed by atoms with Crippen molar-refractivity contribution in [3.63, 3.8) is 0 Å². The van der Waals surface area contributed by atoms with Crippen LogP contribution in [0.5, 0.6) is 0 Å². The first-order chi connectivity index (χ1) is 27.9. The number of unbranched alkanes of at least 4 members (excludes halogenated alkanes) is 2. The van der Waals surface area contributed by atoms with Crippen LogP contribution in [0.2, 0.25) is 0 Å². The Kier molecular flexibility index (Phi) is 11.6. The number of rotatable bonds is 11. The first kappa shape index (κ1) is 41.1. The number of nitrogens with zero attached hydrogens (tertiary/aromatic N) is 7. The van der Waals surface area contributed by atoms with Gasteiger partial charge in [0, 0.05) is 25.5 Å². The van der Waals surface area contributed by atoms with E-state index in [9.17, 15) is 25.2 Å². The van der Waals surface area contributed by atoms with Crippen molar-refractivity contribution in [2.75, 3.05) is 19.5 Å². The van der Waals surface area contributed by atoms with Crippen LogP contribution in [0, 0.1) is 58.2 Å². The van der Waals surface area contributed by atoms with Gasteiger partial charge in [0.1, 0.15) is 18.7 Å². The van der Waals surface area contributed by atoms with Gasteiger partial charge in [-0.05, 0) is 123 Å². The van der Waals surface area contributed by atoms with Crippen molar-refractivity contribution >= 4 is 23.0 Å². The molecule has 0 amide bonds. The summed E-state index contributed by atoms with van der Waals surface area (Å²) < 4.78 is 14.6. The Balaban J connectivity index is 0.862. The molecule has 3 aromatic heterocycles. The molecule has 4 saturated carbocycles. The van der Waals surface area contributed by atoms with E-state index >= 15 is 0 Å². The number of imidazole rings is 1. The van der Waals surface area contributed by atoms with E-state index in [-0.39, 0.29) is 65.5 Å². The number of fused-ring (bicyclic) bond motifs is 6. The van der Waals surface area contributed by atoms with Gasteiger partial charge in [0.15, 0.2) is 22.8 Å². The van der Waals surface area contributed by atoms with Crippen molar-refractivity contribution in [1.29, 1.82) is 0 Å². The molecule has 14 atom stereocenters. The van der Waals surface area contributed by atoms with Crippen LogP contribution in [-0.4, -0.2) is 99.0 Å². The van der Waals surface area contributed by atoms with Gasteiger partial charge in [-0.1, -0.05) is 31.9 Å². The highest BCUT2D eigenvalue weighted by Gasteiger charge is 2.65. The summed E-state index contributed by atoms with van der Waals surface area (Å²) in [6, 6.07) is 0.231. The van der Waals surface area contributed by atoms with Crippen LogP contribution in [0.25, 0.3) is 11.2 Å². The lowest BCUT2D eigenvalue weighted by Crippen LogP contribution is -2.62. The third-order valence-electron chi connectivity index (χ3n) is 15.8. The van der Waals surface area contributed by atoms with E-state index in [0.717, 1.165) is 76.3 Å². The largest absolute Gasteiger partial charge is 0.469 e. The zero-order chi connectivity index (χ0) is 40.9. The number of aliphatic hydroxyl groups excluding tert-OH is 4. The van der Waals surface area contributed by atoms with Crippen LogP contribution >= 0.6 is 0 Å². The van der Waals surface area contributed by atoms with Gasteiger partial charge < -0.3 is 35.6 Å². The fourth-order valence-corrected chi connectivity index (χ4v) is 12.6. The van der Waals surface area contributed by atoms with Crippen molar-refractivity contribution in [2.45, 2.75) is 147 Å². The first-order valence-electron chi connectivity index (χ1n) is 21.6. The second kappa shape index (κ2) is 16.4. The molecule has 316 valence electrons. The SMILES string of the molecule is COC(=O)CC[C@@H](C)[C@H]1CC[C@H]2[C@@H]3[C@H](O)C[C@@H]4C[C@H](n5cc(CCCCC#Cc6nc7c(N)ncnc7n6[C@H]6C[C@H](O)[C@@H](CO)O6)nn5)CC[C@]4(C)[C@H]3C[C@H](O)[C@]12C. The summed E-state index contributed by atoms with van der Waals surface area (Å²) in [4.78, 5) is 24.9. The van der Waals surface area contributed by atoms with E-state index in [1.54, 1.807) is 4.57 Å². The molecule has 0 spiro atoms. The molecule has 0 unspecified atom stereocenters. The van der Waals surface area contributed by atoms with E-state index in [0.29, 0.717) is 47.6 Å². The fourth-order valence-electron chi connectivity index (χ4n) is 12.6. The second-order valence-corrected chi connectivity index (χ2v) is 18.7. The zero-order valence-electron chi connectivity index (χ0n) is 34.4. The molecule has 3 aromatic rings. The second-order valence-electron chi connectivity index (χ2n) is 18.7. The van der Waals surface area contributed by atoms with E-state index in [1.165, 1.54) is 13.4 Å². The normalized spacial score (nSPS) is 37.4. The Morgan fingerprint density at radius 2 is 1.91 bits per heavy atom. The summed E-state index contributed by atoms with van der Waals surface area (Å²) >= 11 is 0. The molecule has 6 N–H and O–H groups in total. The summed E-state index contributed by atoms with van der Waals surface area (Å²) in [7, 11) is 1.44. The molecule has 0 bridgehead atoms. The third kappa shape index (κ3) is 7.20. The van der Waals surface area contributed by atoms with Gasteiger partial charge in [-0.3, -0.25) is 9.36 Å². The summed E-state index contributed by atoms with van der Waals surface area (Å²) in [6.07, 6.45) is 11.8. The van der Waals surface area contributed by atoms with Gasteiger partial charge in [0.25, 0.3) is 0 Å². The van der Waals surface area contributed by atoms with E-state index in [4.69, 9.17) is 15.2 Å². The number of anilines is 1. The number of methoxy groups -OCH3 is 1. The van der Waals surface area contributed by atoms with Crippen molar-refractivity contribution in [1.82, 2.24) is 34.5 Å². The molecule has 15 nitrogen and oxygen atoms in total. The first-order valence-corrected chi connectivity index (χ1v) is 21.6. The molecule has 5 aliphatic rings. The van der Waals surface area contributed by atoms with Gasteiger partial charge >= 0.3 is 5.97 Å². The summed E-state index contributed by atoms with van der Waals surface area (Å²) in [6.45, 7) is 6.65. The van der Waals surface area contributed by atoms with Crippen molar-refractivity contribution in [3.8, 4) is 11.8 Å². The Labute approximate surface area is 340 Å². The molecule has 58 heavy (non-hydrogen) atoms. The standard InChI is InChI=1S/C43H62N8O7/c1-24(11-14-37(56)57-4)28-12-13-29-38-30(19-34(55)43(28,29)3)42(2)16-15-27(17-25(42)18-32(38)54)50-21-26(48-49-50)9-7-5-6-8-10-35-47-39-40(44)45-23-46-41(39)51(35)36-20-31(53)33(22-52)58-36/h21,23-25,27-34,36,38,52-55H,5-7,9,11-20,22H2,1-4H3,(H2,44,45,46)/t24-,25+,27-,28-,29+,30+,31+,32-,33-,34+,36-,38+,42+,43-/m1/s1. The van der Waals surface area contributed by atoms with Crippen LogP contribution in [0.1, 0.15) is 128 Å². The minimum Gasteiger partial charge on any atom is -0.469 e. The summed E-state index contributed by atoms with van der Waals surface area (Å²) in [5.74, 6) is 8.59. The van der Waals surface area contributed by atoms with Gasteiger partial charge in [0.2, 0.25) is 0 Å². The van der Waals surface area contributed by atoms with Crippen LogP contribution in [0.3, 0.4) is 0 Å². The number of aromatic nitrogens is 7. The maximum atomic E-state index is 12.0. The predicted octanol–water partition coefficient (Wildman–Crippen LogP) is 4.14. The van der Waals surface area contributed by atoms with E-state index in [2.05, 4.69) is 68.8 Å². The lowest BCUT2D eigenvalue weighted by molar-refractivity contribution is -0.204. The maximum absolute atomic E-state index is 12.0.